The van der Waals surface area contributed by atoms with E-state index in [1.807, 2.05) is 6.92 Å². The van der Waals surface area contributed by atoms with E-state index in [-0.39, 0.29) is 6.04 Å². The van der Waals surface area contributed by atoms with E-state index in [2.05, 4.69) is 5.43 Å². The Balaban J connectivity index is 2.16. The molecule has 0 spiro atoms. The number of ether oxygens (including phenoxy) is 1. The molecule has 0 aliphatic carbocycles. The monoisotopic (exact) mass is 288 g/mol. The van der Waals surface area contributed by atoms with Crippen molar-refractivity contribution in [3.8, 4) is 0 Å². The Labute approximate surface area is 116 Å². The van der Waals surface area contributed by atoms with Crippen LogP contribution in [0.1, 0.15) is 30.9 Å². The van der Waals surface area contributed by atoms with Crippen LogP contribution in [0.25, 0.3) is 0 Å². The third-order valence-electron chi connectivity index (χ3n) is 3.88. The van der Waals surface area contributed by atoms with Gasteiger partial charge in [0.1, 0.15) is 0 Å². The van der Waals surface area contributed by atoms with Crippen molar-refractivity contribution in [2.45, 2.75) is 44.0 Å². The molecule has 2 rings (SSSR count). The average molecular weight is 288 g/mol. The Morgan fingerprint density at radius 2 is 2.20 bits per heavy atom. The lowest BCUT2D eigenvalue weighted by molar-refractivity contribution is -0.137. The van der Waals surface area contributed by atoms with Gasteiger partial charge in [0.25, 0.3) is 0 Å². The van der Waals surface area contributed by atoms with Crippen LogP contribution in [0.5, 0.6) is 0 Å². The van der Waals surface area contributed by atoms with E-state index in [4.69, 9.17) is 10.6 Å². The second-order valence-electron chi connectivity index (χ2n) is 5.39. The Morgan fingerprint density at radius 1 is 1.45 bits per heavy atom. The van der Waals surface area contributed by atoms with Crippen LogP contribution < -0.4 is 11.3 Å². The van der Waals surface area contributed by atoms with Crippen LogP contribution in [0.3, 0.4) is 0 Å². The highest BCUT2D eigenvalue weighted by Gasteiger charge is 2.38. The van der Waals surface area contributed by atoms with Crippen molar-refractivity contribution in [3.05, 3.63) is 35.4 Å². The SMILES string of the molecule is CC1(C(Cc2cccc(C(F)(F)F)c2)NN)CCCO1. The van der Waals surface area contributed by atoms with Gasteiger partial charge in [0, 0.05) is 6.61 Å². The number of halogens is 3. The summed E-state index contributed by atoms with van der Waals surface area (Å²) in [5, 5.41) is 0. The molecule has 0 aromatic heterocycles. The van der Waals surface area contributed by atoms with Crippen LogP contribution in [0, 0.1) is 0 Å². The first-order valence-electron chi connectivity index (χ1n) is 6.61. The first-order valence-corrected chi connectivity index (χ1v) is 6.61. The highest BCUT2D eigenvalue weighted by molar-refractivity contribution is 5.26. The third kappa shape index (κ3) is 3.31. The highest BCUT2D eigenvalue weighted by Crippen LogP contribution is 2.32. The van der Waals surface area contributed by atoms with Crippen molar-refractivity contribution in [2.75, 3.05) is 6.61 Å². The smallest absolute Gasteiger partial charge is 0.374 e. The number of alkyl halides is 3. The maximum Gasteiger partial charge on any atom is 0.416 e. The molecule has 2 atom stereocenters. The van der Waals surface area contributed by atoms with Crippen molar-refractivity contribution < 1.29 is 17.9 Å². The number of hydrogen-bond donors (Lipinski definition) is 2. The van der Waals surface area contributed by atoms with Gasteiger partial charge in [-0.15, -0.1) is 0 Å². The van der Waals surface area contributed by atoms with Gasteiger partial charge in [0.15, 0.2) is 0 Å². The lowest BCUT2D eigenvalue weighted by Crippen LogP contribution is -2.52. The predicted molar refractivity (Wildman–Crippen MR) is 69.9 cm³/mol. The lowest BCUT2D eigenvalue weighted by Gasteiger charge is -2.33. The number of hydrogen-bond acceptors (Lipinski definition) is 3. The molecule has 3 N–H and O–H groups in total. The molecule has 0 bridgehead atoms. The van der Waals surface area contributed by atoms with Crippen molar-refractivity contribution >= 4 is 0 Å². The highest BCUT2D eigenvalue weighted by atomic mass is 19.4. The second-order valence-corrected chi connectivity index (χ2v) is 5.39. The van der Waals surface area contributed by atoms with Crippen molar-refractivity contribution in [2.24, 2.45) is 5.84 Å². The minimum absolute atomic E-state index is 0.214. The van der Waals surface area contributed by atoms with E-state index in [0.717, 1.165) is 18.9 Å². The van der Waals surface area contributed by atoms with Gasteiger partial charge in [-0.05, 0) is 37.8 Å². The summed E-state index contributed by atoms with van der Waals surface area (Å²) in [6, 6.07) is 5.13. The van der Waals surface area contributed by atoms with Gasteiger partial charge in [0.05, 0.1) is 17.2 Å². The number of nitrogens with one attached hydrogen (secondary N) is 1. The Hall–Kier alpha value is -1.11. The summed E-state index contributed by atoms with van der Waals surface area (Å²) < 4.78 is 43.8. The Kier molecular flexibility index (Phi) is 4.36. The minimum atomic E-state index is -4.32. The van der Waals surface area contributed by atoms with Gasteiger partial charge >= 0.3 is 6.18 Å². The zero-order chi connectivity index (χ0) is 14.8. The maximum atomic E-state index is 12.7. The topological polar surface area (TPSA) is 47.3 Å². The Morgan fingerprint density at radius 3 is 2.75 bits per heavy atom. The van der Waals surface area contributed by atoms with Gasteiger partial charge < -0.3 is 4.74 Å². The quantitative estimate of drug-likeness (QED) is 0.661. The average Bonchev–Trinajstić information content (AvgIpc) is 2.83. The normalized spacial score (nSPS) is 24.9. The number of hydrazine groups is 1. The molecule has 0 saturated carbocycles. The van der Waals surface area contributed by atoms with Gasteiger partial charge in [-0.1, -0.05) is 18.2 Å². The largest absolute Gasteiger partial charge is 0.416 e. The summed E-state index contributed by atoms with van der Waals surface area (Å²) >= 11 is 0. The molecule has 112 valence electrons. The Bertz CT molecular complexity index is 456. The van der Waals surface area contributed by atoms with Crippen LogP contribution in [-0.2, 0) is 17.3 Å². The van der Waals surface area contributed by atoms with Crippen molar-refractivity contribution in [1.29, 1.82) is 0 Å². The molecule has 1 aliphatic rings. The van der Waals surface area contributed by atoms with Gasteiger partial charge in [-0.25, -0.2) is 0 Å². The van der Waals surface area contributed by atoms with Crippen LogP contribution in [0.4, 0.5) is 13.2 Å². The molecule has 6 heteroatoms. The zero-order valence-electron chi connectivity index (χ0n) is 11.3. The van der Waals surface area contributed by atoms with Gasteiger partial charge in [-0.2, -0.15) is 13.2 Å². The molecule has 1 aromatic rings. The van der Waals surface area contributed by atoms with E-state index in [1.165, 1.54) is 12.1 Å². The number of nitrogens with two attached hydrogens (primary N) is 1. The summed E-state index contributed by atoms with van der Waals surface area (Å²) in [4.78, 5) is 0. The third-order valence-corrected chi connectivity index (χ3v) is 3.88. The van der Waals surface area contributed by atoms with E-state index >= 15 is 0 Å². The summed E-state index contributed by atoms with van der Waals surface area (Å²) in [6.07, 6.45) is -2.13. The molecule has 0 radical (unpaired) electrons. The number of benzene rings is 1. The predicted octanol–water partition coefficient (Wildman–Crippen LogP) is 2.65. The van der Waals surface area contributed by atoms with Crippen LogP contribution in [0.2, 0.25) is 0 Å². The van der Waals surface area contributed by atoms with Gasteiger partial charge in [0.2, 0.25) is 0 Å². The second kappa shape index (κ2) is 5.71. The molecular weight excluding hydrogens is 269 g/mol. The molecule has 1 fully saturated rings. The van der Waals surface area contributed by atoms with Crippen LogP contribution >= 0.6 is 0 Å². The first-order chi connectivity index (χ1) is 9.35. The molecule has 1 heterocycles. The molecule has 1 aliphatic heterocycles. The fraction of sp³-hybridized carbons (Fsp3) is 0.571. The fourth-order valence-corrected chi connectivity index (χ4v) is 2.64. The van der Waals surface area contributed by atoms with Crippen molar-refractivity contribution in [1.82, 2.24) is 5.43 Å². The zero-order valence-corrected chi connectivity index (χ0v) is 11.3. The van der Waals surface area contributed by atoms with E-state index in [1.54, 1.807) is 6.07 Å². The summed E-state index contributed by atoms with van der Waals surface area (Å²) in [6.45, 7) is 2.61. The molecule has 0 amide bonds. The molecule has 20 heavy (non-hydrogen) atoms. The first kappa shape index (κ1) is 15.3. The van der Waals surface area contributed by atoms with Crippen LogP contribution in [0.15, 0.2) is 24.3 Å². The molecule has 1 aromatic carbocycles. The molecule has 2 unspecified atom stereocenters. The molecular formula is C14H19F3N2O. The summed E-state index contributed by atoms with van der Waals surface area (Å²) in [5.74, 6) is 5.56. The number of rotatable bonds is 4. The van der Waals surface area contributed by atoms with E-state index in [9.17, 15) is 13.2 Å². The van der Waals surface area contributed by atoms with E-state index in [0.29, 0.717) is 18.6 Å². The molecule has 1 saturated heterocycles. The lowest BCUT2D eigenvalue weighted by atomic mass is 9.88. The van der Waals surface area contributed by atoms with Crippen LogP contribution in [-0.4, -0.2) is 18.2 Å². The maximum absolute atomic E-state index is 12.7. The summed E-state index contributed by atoms with van der Waals surface area (Å²) in [5.41, 5.74) is 2.22. The molecule has 3 nitrogen and oxygen atoms in total. The standard InChI is InChI=1S/C14H19F3N2O/c1-13(6-3-7-20-13)12(19-18)9-10-4-2-5-11(8-10)14(15,16)17/h2,4-5,8,12,19H,3,6-7,9,18H2,1H3. The van der Waals surface area contributed by atoms with E-state index < -0.39 is 17.3 Å². The van der Waals surface area contributed by atoms with Crippen molar-refractivity contribution in [3.63, 3.8) is 0 Å². The summed E-state index contributed by atoms with van der Waals surface area (Å²) in [7, 11) is 0. The minimum Gasteiger partial charge on any atom is -0.374 e. The van der Waals surface area contributed by atoms with Gasteiger partial charge in [-0.3, -0.25) is 11.3 Å². The fourth-order valence-electron chi connectivity index (χ4n) is 2.64.